The van der Waals surface area contributed by atoms with Crippen LogP contribution in [0.15, 0.2) is 0 Å². The first-order chi connectivity index (χ1) is 7.45. The molecule has 96 valence electrons. The average molecular weight is 226 g/mol. The molecule has 1 heterocycles. The van der Waals surface area contributed by atoms with Crippen LogP contribution in [0.4, 0.5) is 0 Å². The number of likely N-dealkylation sites (tertiary alicyclic amines) is 1. The van der Waals surface area contributed by atoms with Crippen LogP contribution in [-0.4, -0.2) is 37.1 Å². The van der Waals surface area contributed by atoms with Gasteiger partial charge in [0, 0.05) is 12.1 Å². The Morgan fingerprint density at radius 1 is 1.38 bits per heavy atom. The molecule has 0 saturated carbocycles. The molecule has 0 spiro atoms. The third-order valence-corrected chi connectivity index (χ3v) is 3.97. The Hall–Kier alpha value is -0.0800. The summed E-state index contributed by atoms with van der Waals surface area (Å²) >= 11 is 0. The molecule has 0 bridgehead atoms. The Labute approximate surface area is 102 Å². The Kier molecular flexibility index (Phi) is 5.26. The molecule has 0 aromatic rings. The molecule has 1 aliphatic heterocycles. The lowest BCUT2D eigenvalue weighted by Crippen LogP contribution is -2.52. The molecule has 1 fully saturated rings. The molecule has 0 aromatic carbocycles. The molecule has 0 aromatic heterocycles. The van der Waals surface area contributed by atoms with Gasteiger partial charge in [-0.05, 0) is 65.1 Å². The summed E-state index contributed by atoms with van der Waals surface area (Å²) in [5.41, 5.74) is 0.416. The van der Waals surface area contributed by atoms with Gasteiger partial charge in [-0.3, -0.25) is 4.90 Å². The second-order valence-electron chi connectivity index (χ2n) is 6.40. The smallest absolute Gasteiger partial charge is 0.0153 e. The topological polar surface area (TPSA) is 15.3 Å². The standard InChI is InChI=1S/C14H30N2/c1-12(2)7-9-16-11-13(10-15-5)6-8-14(16,3)4/h12-13,15H,6-11H2,1-5H3. The van der Waals surface area contributed by atoms with Crippen molar-refractivity contribution in [2.24, 2.45) is 11.8 Å². The average Bonchev–Trinajstić information content (AvgIpc) is 2.19. The largest absolute Gasteiger partial charge is 0.319 e. The fourth-order valence-corrected chi connectivity index (χ4v) is 2.63. The Bertz CT molecular complexity index is 199. The van der Waals surface area contributed by atoms with Crippen molar-refractivity contribution in [2.75, 3.05) is 26.7 Å². The van der Waals surface area contributed by atoms with Crippen molar-refractivity contribution in [3.8, 4) is 0 Å². The van der Waals surface area contributed by atoms with Gasteiger partial charge in [0.2, 0.25) is 0 Å². The van der Waals surface area contributed by atoms with Gasteiger partial charge < -0.3 is 5.32 Å². The van der Waals surface area contributed by atoms with Gasteiger partial charge in [-0.1, -0.05) is 13.8 Å². The molecule has 0 amide bonds. The van der Waals surface area contributed by atoms with Crippen molar-refractivity contribution in [1.29, 1.82) is 0 Å². The second kappa shape index (κ2) is 6.02. The van der Waals surface area contributed by atoms with E-state index in [1.54, 1.807) is 0 Å². The predicted molar refractivity (Wildman–Crippen MR) is 71.8 cm³/mol. The molecule has 1 unspecified atom stereocenters. The molecular formula is C14H30N2. The number of hydrogen-bond acceptors (Lipinski definition) is 2. The van der Waals surface area contributed by atoms with E-state index in [0.29, 0.717) is 5.54 Å². The van der Waals surface area contributed by atoms with E-state index >= 15 is 0 Å². The van der Waals surface area contributed by atoms with Crippen LogP contribution in [0.1, 0.15) is 47.0 Å². The van der Waals surface area contributed by atoms with Gasteiger partial charge in [-0.15, -0.1) is 0 Å². The van der Waals surface area contributed by atoms with Gasteiger partial charge in [0.15, 0.2) is 0 Å². The van der Waals surface area contributed by atoms with E-state index in [2.05, 4.69) is 45.0 Å². The summed E-state index contributed by atoms with van der Waals surface area (Å²) in [5.74, 6) is 1.67. The minimum absolute atomic E-state index is 0.416. The maximum Gasteiger partial charge on any atom is 0.0153 e. The molecule has 1 N–H and O–H groups in total. The molecule has 1 atom stereocenters. The zero-order chi connectivity index (χ0) is 12.2. The van der Waals surface area contributed by atoms with Crippen molar-refractivity contribution in [1.82, 2.24) is 10.2 Å². The van der Waals surface area contributed by atoms with Gasteiger partial charge in [0.1, 0.15) is 0 Å². The summed E-state index contributed by atoms with van der Waals surface area (Å²) in [6.07, 6.45) is 4.05. The number of hydrogen-bond donors (Lipinski definition) is 1. The lowest BCUT2D eigenvalue weighted by Gasteiger charge is -2.46. The van der Waals surface area contributed by atoms with E-state index in [9.17, 15) is 0 Å². The van der Waals surface area contributed by atoms with Crippen LogP contribution in [0, 0.1) is 11.8 Å². The molecular weight excluding hydrogens is 196 g/mol. The number of rotatable bonds is 5. The Morgan fingerprint density at radius 3 is 2.62 bits per heavy atom. The fraction of sp³-hybridized carbons (Fsp3) is 1.00. The van der Waals surface area contributed by atoms with E-state index in [4.69, 9.17) is 0 Å². The van der Waals surface area contributed by atoms with Gasteiger partial charge in [-0.2, -0.15) is 0 Å². The molecule has 2 nitrogen and oxygen atoms in total. The highest BCUT2D eigenvalue weighted by atomic mass is 15.2. The Balaban J connectivity index is 2.47. The summed E-state index contributed by atoms with van der Waals surface area (Å²) in [6.45, 7) is 13.2. The minimum Gasteiger partial charge on any atom is -0.319 e. The van der Waals surface area contributed by atoms with E-state index in [-0.39, 0.29) is 0 Å². The van der Waals surface area contributed by atoms with Crippen molar-refractivity contribution in [3.63, 3.8) is 0 Å². The first-order valence-electron chi connectivity index (χ1n) is 6.85. The van der Waals surface area contributed by atoms with E-state index < -0.39 is 0 Å². The maximum absolute atomic E-state index is 3.32. The number of nitrogens with zero attached hydrogens (tertiary/aromatic N) is 1. The lowest BCUT2D eigenvalue weighted by molar-refractivity contribution is 0.0419. The van der Waals surface area contributed by atoms with Gasteiger partial charge in [0.25, 0.3) is 0 Å². The third-order valence-electron chi connectivity index (χ3n) is 3.97. The summed E-state index contributed by atoms with van der Waals surface area (Å²) in [4.78, 5) is 2.71. The number of nitrogens with one attached hydrogen (secondary N) is 1. The highest BCUT2D eigenvalue weighted by Gasteiger charge is 2.33. The van der Waals surface area contributed by atoms with Crippen LogP contribution in [-0.2, 0) is 0 Å². The first-order valence-corrected chi connectivity index (χ1v) is 6.85. The first kappa shape index (κ1) is 14.0. The molecule has 2 heteroatoms. The molecule has 1 aliphatic rings. The SMILES string of the molecule is CNCC1CCC(C)(C)N(CCC(C)C)C1. The highest BCUT2D eigenvalue weighted by molar-refractivity contribution is 4.89. The summed E-state index contributed by atoms with van der Waals surface area (Å²) in [5, 5.41) is 3.32. The summed E-state index contributed by atoms with van der Waals surface area (Å²) < 4.78 is 0. The van der Waals surface area contributed by atoms with Gasteiger partial charge in [0.05, 0.1) is 0 Å². The highest BCUT2D eigenvalue weighted by Crippen LogP contribution is 2.30. The predicted octanol–water partition coefficient (Wildman–Crippen LogP) is 2.74. The lowest BCUT2D eigenvalue weighted by atomic mass is 9.84. The third kappa shape index (κ3) is 4.06. The van der Waals surface area contributed by atoms with E-state index in [0.717, 1.165) is 11.8 Å². The van der Waals surface area contributed by atoms with Gasteiger partial charge >= 0.3 is 0 Å². The van der Waals surface area contributed by atoms with Crippen LogP contribution in [0.25, 0.3) is 0 Å². The zero-order valence-electron chi connectivity index (χ0n) is 11.8. The summed E-state index contributed by atoms with van der Waals surface area (Å²) in [6, 6.07) is 0. The van der Waals surface area contributed by atoms with Crippen molar-refractivity contribution in [2.45, 2.75) is 52.5 Å². The number of piperidine rings is 1. The van der Waals surface area contributed by atoms with E-state index in [1.807, 2.05) is 0 Å². The molecule has 16 heavy (non-hydrogen) atoms. The van der Waals surface area contributed by atoms with Crippen LogP contribution in [0.2, 0.25) is 0 Å². The van der Waals surface area contributed by atoms with Crippen molar-refractivity contribution < 1.29 is 0 Å². The van der Waals surface area contributed by atoms with Crippen LogP contribution in [0.3, 0.4) is 0 Å². The normalized spacial score (nSPS) is 26.2. The van der Waals surface area contributed by atoms with Crippen LogP contribution >= 0.6 is 0 Å². The van der Waals surface area contributed by atoms with Crippen molar-refractivity contribution in [3.05, 3.63) is 0 Å². The van der Waals surface area contributed by atoms with Crippen LogP contribution in [0.5, 0.6) is 0 Å². The molecule has 0 aliphatic carbocycles. The molecule has 1 rings (SSSR count). The summed E-state index contributed by atoms with van der Waals surface area (Å²) in [7, 11) is 2.07. The fourth-order valence-electron chi connectivity index (χ4n) is 2.63. The maximum atomic E-state index is 3.32. The van der Waals surface area contributed by atoms with Crippen LogP contribution < -0.4 is 5.32 Å². The molecule has 1 saturated heterocycles. The molecule has 0 radical (unpaired) electrons. The van der Waals surface area contributed by atoms with Crippen molar-refractivity contribution >= 4 is 0 Å². The van der Waals surface area contributed by atoms with Gasteiger partial charge in [-0.25, -0.2) is 0 Å². The minimum atomic E-state index is 0.416. The quantitative estimate of drug-likeness (QED) is 0.775. The van der Waals surface area contributed by atoms with E-state index in [1.165, 1.54) is 38.9 Å². The second-order valence-corrected chi connectivity index (χ2v) is 6.40. The Morgan fingerprint density at radius 2 is 2.06 bits per heavy atom. The zero-order valence-corrected chi connectivity index (χ0v) is 11.8. The monoisotopic (exact) mass is 226 g/mol.